The van der Waals surface area contributed by atoms with Gasteiger partial charge in [-0.25, -0.2) is 9.78 Å². The summed E-state index contributed by atoms with van der Waals surface area (Å²) in [6.45, 7) is 1.95. The van der Waals surface area contributed by atoms with E-state index in [-0.39, 0.29) is 6.61 Å². The summed E-state index contributed by atoms with van der Waals surface area (Å²) < 4.78 is 6.22. The van der Waals surface area contributed by atoms with Crippen LogP contribution < -0.4 is 0 Å². The standard InChI is InChI=1S/C8H12N2O3/c1-3-13-8(12)7(11)6-4-9-5-10(6)2/h4-5,7,11H,3H2,1-2H3. The van der Waals surface area contributed by atoms with E-state index < -0.39 is 12.1 Å². The SMILES string of the molecule is CCOC(=O)C(O)c1cncn1C. The second-order valence-corrected chi connectivity index (χ2v) is 2.58. The van der Waals surface area contributed by atoms with Crippen LogP contribution in [0, 0.1) is 0 Å². The molecule has 0 fully saturated rings. The molecule has 1 aromatic rings. The molecule has 0 aromatic carbocycles. The van der Waals surface area contributed by atoms with Crippen molar-refractivity contribution in [3.63, 3.8) is 0 Å². The van der Waals surface area contributed by atoms with Crippen LogP contribution >= 0.6 is 0 Å². The quantitative estimate of drug-likeness (QED) is 0.672. The second kappa shape index (κ2) is 4.04. The predicted octanol–water partition coefficient (Wildman–Crippen LogP) is 0.0166. The summed E-state index contributed by atoms with van der Waals surface area (Å²) in [5, 5.41) is 9.45. The lowest BCUT2D eigenvalue weighted by molar-refractivity contribution is -0.153. The van der Waals surface area contributed by atoms with Gasteiger partial charge in [0.05, 0.1) is 24.8 Å². The molecule has 1 aromatic heterocycles. The molecule has 1 atom stereocenters. The van der Waals surface area contributed by atoms with Crippen molar-refractivity contribution in [3.05, 3.63) is 18.2 Å². The lowest BCUT2D eigenvalue weighted by atomic mass is 10.3. The highest BCUT2D eigenvalue weighted by Gasteiger charge is 2.20. The Bertz CT molecular complexity index is 295. The van der Waals surface area contributed by atoms with Gasteiger partial charge in [-0.3, -0.25) is 0 Å². The first-order valence-corrected chi connectivity index (χ1v) is 3.97. The number of rotatable bonds is 3. The topological polar surface area (TPSA) is 64.3 Å². The monoisotopic (exact) mass is 184 g/mol. The van der Waals surface area contributed by atoms with E-state index in [2.05, 4.69) is 9.72 Å². The van der Waals surface area contributed by atoms with Crippen molar-refractivity contribution < 1.29 is 14.6 Å². The molecule has 13 heavy (non-hydrogen) atoms. The third-order valence-electron chi connectivity index (χ3n) is 1.64. The van der Waals surface area contributed by atoms with Gasteiger partial charge < -0.3 is 14.4 Å². The number of esters is 1. The molecule has 1 rings (SSSR count). The van der Waals surface area contributed by atoms with Crippen molar-refractivity contribution in [2.24, 2.45) is 7.05 Å². The summed E-state index contributed by atoms with van der Waals surface area (Å²) in [6.07, 6.45) is 1.70. The van der Waals surface area contributed by atoms with Gasteiger partial charge in [0.2, 0.25) is 0 Å². The van der Waals surface area contributed by atoms with Crippen LogP contribution in [-0.4, -0.2) is 27.2 Å². The fraction of sp³-hybridized carbons (Fsp3) is 0.500. The van der Waals surface area contributed by atoms with Crippen LogP contribution in [0.5, 0.6) is 0 Å². The smallest absolute Gasteiger partial charge is 0.341 e. The fourth-order valence-electron chi connectivity index (χ4n) is 0.973. The Kier molecular flexibility index (Phi) is 3.02. The molecular weight excluding hydrogens is 172 g/mol. The highest BCUT2D eigenvalue weighted by molar-refractivity contribution is 5.75. The molecule has 0 spiro atoms. The summed E-state index contributed by atoms with van der Waals surface area (Å²) in [5.41, 5.74) is 0.429. The summed E-state index contributed by atoms with van der Waals surface area (Å²) >= 11 is 0. The van der Waals surface area contributed by atoms with Crippen LogP contribution in [0.3, 0.4) is 0 Å². The zero-order valence-electron chi connectivity index (χ0n) is 7.60. The number of imidazole rings is 1. The minimum atomic E-state index is -1.24. The minimum Gasteiger partial charge on any atom is -0.464 e. The Labute approximate surface area is 76.0 Å². The lowest BCUT2D eigenvalue weighted by Crippen LogP contribution is -2.17. The summed E-state index contributed by atoms with van der Waals surface area (Å²) in [6, 6.07) is 0. The van der Waals surface area contributed by atoms with Crippen LogP contribution in [0.25, 0.3) is 0 Å². The maximum absolute atomic E-state index is 11.1. The van der Waals surface area contributed by atoms with Crippen LogP contribution in [0.4, 0.5) is 0 Å². The number of aromatic nitrogens is 2. The largest absolute Gasteiger partial charge is 0.464 e. The third kappa shape index (κ3) is 2.06. The Morgan fingerprint density at radius 2 is 2.54 bits per heavy atom. The molecule has 0 aliphatic carbocycles. The first kappa shape index (κ1) is 9.73. The summed E-state index contributed by atoms with van der Waals surface area (Å²) in [5.74, 6) is -0.647. The molecule has 0 amide bonds. The van der Waals surface area contributed by atoms with Crippen molar-refractivity contribution in [2.75, 3.05) is 6.61 Å². The van der Waals surface area contributed by atoms with E-state index in [1.807, 2.05) is 0 Å². The van der Waals surface area contributed by atoms with Crippen molar-refractivity contribution in [2.45, 2.75) is 13.0 Å². The molecule has 1 heterocycles. The molecule has 0 bridgehead atoms. The molecular formula is C8H12N2O3. The maximum Gasteiger partial charge on any atom is 0.341 e. The van der Waals surface area contributed by atoms with Gasteiger partial charge in [-0.1, -0.05) is 0 Å². The Morgan fingerprint density at radius 1 is 1.85 bits per heavy atom. The molecule has 0 saturated carbocycles. The molecule has 72 valence electrons. The zero-order chi connectivity index (χ0) is 9.84. The van der Waals surface area contributed by atoms with Crippen molar-refractivity contribution in [1.29, 1.82) is 0 Å². The number of hydrogen-bond donors (Lipinski definition) is 1. The maximum atomic E-state index is 11.1. The van der Waals surface area contributed by atoms with Crippen molar-refractivity contribution in [1.82, 2.24) is 9.55 Å². The van der Waals surface area contributed by atoms with Crippen LogP contribution in [-0.2, 0) is 16.6 Å². The second-order valence-electron chi connectivity index (χ2n) is 2.58. The molecule has 0 radical (unpaired) electrons. The number of nitrogens with zero attached hydrogens (tertiary/aromatic N) is 2. The van der Waals surface area contributed by atoms with E-state index in [4.69, 9.17) is 0 Å². The van der Waals surface area contributed by atoms with Gasteiger partial charge in [0, 0.05) is 7.05 Å². The Morgan fingerprint density at radius 3 is 3.00 bits per heavy atom. The van der Waals surface area contributed by atoms with Gasteiger partial charge in [0.25, 0.3) is 0 Å². The highest BCUT2D eigenvalue weighted by atomic mass is 16.5. The average Bonchev–Trinajstić information content (AvgIpc) is 2.50. The Balaban J connectivity index is 2.73. The minimum absolute atomic E-state index is 0.258. The zero-order valence-corrected chi connectivity index (χ0v) is 7.60. The number of aryl methyl sites for hydroxylation is 1. The highest BCUT2D eigenvalue weighted by Crippen LogP contribution is 2.12. The van der Waals surface area contributed by atoms with Gasteiger partial charge in [0.15, 0.2) is 6.10 Å². The molecule has 0 aliphatic heterocycles. The van der Waals surface area contributed by atoms with Crippen LogP contribution in [0.1, 0.15) is 18.7 Å². The van der Waals surface area contributed by atoms with Gasteiger partial charge in [-0.2, -0.15) is 0 Å². The van der Waals surface area contributed by atoms with E-state index in [1.54, 1.807) is 18.5 Å². The van der Waals surface area contributed by atoms with Gasteiger partial charge in [0.1, 0.15) is 0 Å². The predicted molar refractivity (Wildman–Crippen MR) is 44.8 cm³/mol. The lowest BCUT2D eigenvalue weighted by Gasteiger charge is -2.09. The molecule has 1 N–H and O–H groups in total. The molecule has 0 saturated heterocycles. The van der Waals surface area contributed by atoms with E-state index in [0.717, 1.165) is 0 Å². The normalized spacial score (nSPS) is 12.5. The third-order valence-corrected chi connectivity index (χ3v) is 1.64. The number of carbonyl (C=O) groups is 1. The molecule has 5 heteroatoms. The van der Waals surface area contributed by atoms with E-state index in [9.17, 15) is 9.90 Å². The number of ether oxygens (including phenoxy) is 1. The van der Waals surface area contributed by atoms with Crippen LogP contribution in [0.2, 0.25) is 0 Å². The number of aliphatic hydroxyl groups excluding tert-OH is 1. The number of hydrogen-bond acceptors (Lipinski definition) is 4. The van der Waals surface area contributed by atoms with Crippen LogP contribution in [0.15, 0.2) is 12.5 Å². The van der Waals surface area contributed by atoms with E-state index in [0.29, 0.717) is 5.69 Å². The van der Waals surface area contributed by atoms with E-state index >= 15 is 0 Å². The van der Waals surface area contributed by atoms with Gasteiger partial charge in [-0.05, 0) is 6.92 Å². The number of carbonyl (C=O) groups excluding carboxylic acids is 1. The molecule has 5 nitrogen and oxygen atoms in total. The van der Waals surface area contributed by atoms with Gasteiger partial charge >= 0.3 is 5.97 Å². The fourth-order valence-corrected chi connectivity index (χ4v) is 0.973. The summed E-state index contributed by atoms with van der Waals surface area (Å²) in [7, 11) is 1.70. The first-order chi connectivity index (χ1) is 6.16. The molecule has 1 unspecified atom stereocenters. The first-order valence-electron chi connectivity index (χ1n) is 3.97. The van der Waals surface area contributed by atoms with E-state index in [1.165, 1.54) is 12.5 Å². The van der Waals surface area contributed by atoms with Crippen molar-refractivity contribution in [3.8, 4) is 0 Å². The van der Waals surface area contributed by atoms with Gasteiger partial charge in [-0.15, -0.1) is 0 Å². The van der Waals surface area contributed by atoms with Crippen molar-refractivity contribution >= 4 is 5.97 Å². The summed E-state index contributed by atoms with van der Waals surface area (Å²) in [4.78, 5) is 14.9. The average molecular weight is 184 g/mol. The molecule has 0 aliphatic rings. The number of aliphatic hydroxyl groups is 1. The Hall–Kier alpha value is -1.36.